The molecular formula is C25H26N4O4S2. The molecule has 0 aliphatic heterocycles. The molecule has 0 aliphatic carbocycles. The number of sulfonamides is 1. The minimum absolute atomic E-state index is 0.201. The summed E-state index contributed by atoms with van der Waals surface area (Å²) in [4.78, 5) is 17.1. The monoisotopic (exact) mass is 510 g/mol. The zero-order chi connectivity index (χ0) is 25.4. The van der Waals surface area contributed by atoms with E-state index >= 15 is 0 Å². The fourth-order valence-electron chi connectivity index (χ4n) is 2.93. The fourth-order valence-corrected chi connectivity index (χ4v) is 5.56. The van der Waals surface area contributed by atoms with Gasteiger partial charge >= 0.3 is 6.03 Å². The van der Waals surface area contributed by atoms with Gasteiger partial charge in [-0.2, -0.15) is 0 Å². The van der Waals surface area contributed by atoms with Crippen LogP contribution >= 0.6 is 11.3 Å². The van der Waals surface area contributed by atoms with E-state index in [0.717, 1.165) is 21.8 Å². The van der Waals surface area contributed by atoms with Crippen molar-refractivity contribution < 1.29 is 17.9 Å². The number of anilines is 3. The Labute approximate surface area is 209 Å². The van der Waals surface area contributed by atoms with Crippen molar-refractivity contribution in [2.24, 2.45) is 4.99 Å². The number of carbonyl (C=O) groups excluding carboxylic acids is 1. The predicted molar refractivity (Wildman–Crippen MR) is 144 cm³/mol. The van der Waals surface area contributed by atoms with E-state index in [1.165, 1.54) is 24.5 Å². The summed E-state index contributed by atoms with van der Waals surface area (Å²) in [6.07, 6.45) is 3.09. The molecule has 0 saturated heterocycles. The van der Waals surface area contributed by atoms with Crippen LogP contribution in [0.2, 0.25) is 0 Å². The number of allylic oxidation sites excluding steroid dienone is 1. The lowest BCUT2D eigenvalue weighted by atomic mass is 10.3. The van der Waals surface area contributed by atoms with Crippen molar-refractivity contribution in [2.45, 2.75) is 11.1 Å². The highest BCUT2D eigenvalue weighted by atomic mass is 32.2. The number of hydrogen-bond donors (Lipinski definition) is 2. The number of para-hydroxylation sites is 1. The van der Waals surface area contributed by atoms with Crippen LogP contribution in [0, 0.1) is 0 Å². The first kappa shape index (κ1) is 25.7. The van der Waals surface area contributed by atoms with Gasteiger partial charge in [-0.15, -0.1) is 11.3 Å². The highest BCUT2D eigenvalue weighted by molar-refractivity contribution is 7.94. The van der Waals surface area contributed by atoms with Gasteiger partial charge in [0.2, 0.25) is 5.90 Å². The van der Waals surface area contributed by atoms with Gasteiger partial charge in [-0.05, 0) is 67.1 Å². The van der Waals surface area contributed by atoms with Crippen molar-refractivity contribution in [2.75, 3.05) is 29.1 Å². The first-order chi connectivity index (χ1) is 16.7. The van der Waals surface area contributed by atoms with E-state index in [4.69, 9.17) is 4.74 Å². The molecule has 1 aromatic heterocycles. The molecule has 0 fully saturated rings. The third-order valence-electron chi connectivity index (χ3n) is 4.87. The van der Waals surface area contributed by atoms with Crippen LogP contribution in [0.25, 0.3) is 5.57 Å². The van der Waals surface area contributed by atoms with Gasteiger partial charge < -0.3 is 15.4 Å². The molecule has 182 valence electrons. The summed E-state index contributed by atoms with van der Waals surface area (Å²) in [6, 6.07) is 18.5. The van der Waals surface area contributed by atoms with E-state index < -0.39 is 16.1 Å². The molecule has 0 saturated carbocycles. The molecule has 3 rings (SSSR count). The molecule has 2 aromatic carbocycles. The van der Waals surface area contributed by atoms with Crippen molar-refractivity contribution in [3.63, 3.8) is 0 Å². The van der Waals surface area contributed by atoms with Gasteiger partial charge in [0, 0.05) is 29.5 Å². The highest BCUT2D eigenvalue weighted by Gasteiger charge is 2.23. The van der Waals surface area contributed by atoms with Gasteiger partial charge in [-0.1, -0.05) is 24.8 Å². The highest BCUT2D eigenvalue weighted by Crippen LogP contribution is 2.31. The Morgan fingerprint density at radius 2 is 1.66 bits per heavy atom. The Kier molecular flexibility index (Phi) is 8.45. The molecule has 0 bridgehead atoms. The Morgan fingerprint density at radius 3 is 2.26 bits per heavy atom. The number of ether oxygens (including phenoxy) is 1. The minimum atomic E-state index is -3.77. The van der Waals surface area contributed by atoms with Crippen molar-refractivity contribution in [1.29, 1.82) is 0 Å². The van der Waals surface area contributed by atoms with Gasteiger partial charge in [0.1, 0.15) is 4.21 Å². The Bertz CT molecular complexity index is 1350. The van der Waals surface area contributed by atoms with Crippen LogP contribution in [0.3, 0.4) is 0 Å². The molecule has 2 N–H and O–H groups in total. The Morgan fingerprint density at radius 1 is 1.03 bits per heavy atom. The molecule has 0 radical (unpaired) electrons. The van der Waals surface area contributed by atoms with E-state index in [-0.39, 0.29) is 4.21 Å². The molecule has 35 heavy (non-hydrogen) atoms. The van der Waals surface area contributed by atoms with Crippen molar-refractivity contribution >= 4 is 55.9 Å². The van der Waals surface area contributed by atoms with E-state index in [9.17, 15) is 13.2 Å². The lowest BCUT2D eigenvalue weighted by Crippen LogP contribution is -2.25. The third-order valence-corrected chi connectivity index (χ3v) is 8.35. The number of nitrogens with zero attached hydrogens (tertiary/aromatic N) is 2. The molecule has 3 aromatic rings. The van der Waals surface area contributed by atoms with E-state index in [1.807, 2.05) is 25.1 Å². The largest absolute Gasteiger partial charge is 0.481 e. The average Bonchev–Trinajstić information content (AvgIpc) is 3.36. The van der Waals surface area contributed by atoms with Crippen LogP contribution in [0.15, 0.2) is 94.8 Å². The maximum Gasteiger partial charge on any atom is 0.323 e. The fraction of sp³-hybridized carbons (Fsp3) is 0.120. The molecule has 1 heterocycles. The van der Waals surface area contributed by atoms with Crippen molar-refractivity contribution in [3.05, 3.63) is 90.5 Å². The molecule has 0 aliphatic rings. The number of amides is 2. The summed E-state index contributed by atoms with van der Waals surface area (Å²) < 4.78 is 32.8. The first-order valence-corrected chi connectivity index (χ1v) is 12.7. The van der Waals surface area contributed by atoms with E-state index in [1.54, 1.807) is 54.7 Å². The number of benzene rings is 2. The van der Waals surface area contributed by atoms with Crippen LogP contribution in [0.1, 0.15) is 11.8 Å². The van der Waals surface area contributed by atoms with Crippen LogP contribution in [-0.4, -0.2) is 34.5 Å². The quantitative estimate of drug-likeness (QED) is 0.295. The van der Waals surface area contributed by atoms with Gasteiger partial charge in [0.05, 0.1) is 12.8 Å². The summed E-state index contributed by atoms with van der Waals surface area (Å²) in [5, 5.41) is 5.45. The molecule has 0 spiro atoms. The number of hydrogen-bond acceptors (Lipinski definition) is 6. The minimum Gasteiger partial charge on any atom is -0.481 e. The standard InChI is InChI=1S/C25H26N4O4S2/c1-5-23(33-4)26-17-18(2)22-15-16-24(34-22)35(31,32)29(3)21-13-11-20(12-14-21)28-25(30)27-19-9-7-6-8-10-19/h5-17H,1H2,2-4H3,(H2,27,28,30). The van der Waals surface area contributed by atoms with Gasteiger partial charge in [0.15, 0.2) is 0 Å². The summed E-state index contributed by atoms with van der Waals surface area (Å²) in [5.41, 5.74) is 2.45. The van der Waals surface area contributed by atoms with Crippen molar-refractivity contribution in [3.8, 4) is 0 Å². The van der Waals surface area contributed by atoms with Gasteiger partial charge in [0.25, 0.3) is 10.0 Å². The lowest BCUT2D eigenvalue weighted by Gasteiger charge is -2.19. The molecule has 8 nitrogen and oxygen atoms in total. The number of rotatable bonds is 8. The normalized spacial score (nSPS) is 12.1. The zero-order valence-corrected chi connectivity index (χ0v) is 21.2. The third kappa shape index (κ3) is 6.58. The summed E-state index contributed by atoms with van der Waals surface area (Å²) >= 11 is 1.15. The van der Waals surface area contributed by atoms with Gasteiger partial charge in [-0.3, -0.25) is 4.31 Å². The predicted octanol–water partition coefficient (Wildman–Crippen LogP) is 5.81. The topological polar surface area (TPSA) is 100 Å². The van der Waals surface area contributed by atoms with Gasteiger partial charge in [-0.25, -0.2) is 18.2 Å². The molecule has 10 heteroatoms. The van der Waals surface area contributed by atoms with E-state index in [0.29, 0.717) is 23.0 Å². The van der Waals surface area contributed by atoms with Crippen molar-refractivity contribution in [1.82, 2.24) is 0 Å². The summed E-state index contributed by atoms with van der Waals surface area (Å²) in [7, 11) is -0.789. The number of urea groups is 1. The average molecular weight is 511 g/mol. The van der Waals surface area contributed by atoms with Crippen LogP contribution in [0.4, 0.5) is 21.9 Å². The molecule has 0 unspecified atom stereocenters. The lowest BCUT2D eigenvalue weighted by molar-refractivity contribution is 0.262. The van der Waals surface area contributed by atoms with Crippen LogP contribution in [0.5, 0.6) is 0 Å². The zero-order valence-electron chi connectivity index (χ0n) is 19.6. The maximum absolute atomic E-state index is 13.2. The Balaban J connectivity index is 1.70. The molecule has 0 atom stereocenters. The van der Waals surface area contributed by atoms with Crippen LogP contribution < -0.4 is 14.9 Å². The summed E-state index contributed by atoms with van der Waals surface area (Å²) in [6.45, 7) is 5.45. The van der Waals surface area contributed by atoms with Crippen LogP contribution in [-0.2, 0) is 14.8 Å². The smallest absolute Gasteiger partial charge is 0.323 e. The SMILES string of the molecule is C=CC(=NC=C(C)c1ccc(S(=O)(=O)N(C)c2ccc(NC(=O)Nc3ccccc3)cc2)s1)OC. The second kappa shape index (κ2) is 11.5. The van der Waals surface area contributed by atoms with E-state index in [2.05, 4.69) is 22.2 Å². The molecular weight excluding hydrogens is 484 g/mol. The number of nitrogens with one attached hydrogen (secondary N) is 2. The Hall–Kier alpha value is -3.89. The first-order valence-electron chi connectivity index (χ1n) is 10.5. The number of aliphatic imine (C=N–C) groups is 1. The second-order valence-corrected chi connectivity index (χ2v) is 10.6. The molecule has 2 amide bonds. The second-order valence-electron chi connectivity index (χ2n) is 7.27. The number of thiophene rings is 1. The maximum atomic E-state index is 13.2. The number of carbonyl (C=O) groups is 1. The summed E-state index contributed by atoms with van der Waals surface area (Å²) in [5.74, 6) is 0.365. The number of methoxy groups -OCH3 is 1.